The minimum atomic E-state index is -0.876. The van der Waals surface area contributed by atoms with E-state index < -0.39 is 94.9 Å². The highest BCUT2D eigenvalue weighted by molar-refractivity contribution is 6.35. The van der Waals surface area contributed by atoms with E-state index in [1.165, 1.54) is 51.1 Å². The predicted molar refractivity (Wildman–Crippen MR) is 400 cm³/mol. The average Bonchev–Trinajstić information content (AvgIpc) is 0.732. The number of carboxylic acid groups (broad SMARTS) is 1. The number of rotatable bonds is 25. The third-order valence-electron chi connectivity index (χ3n) is 18.3. The van der Waals surface area contributed by atoms with Gasteiger partial charge in [-0.3, -0.25) is 77.1 Å². The Morgan fingerprint density at radius 2 is 0.664 bits per heavy atom. The average molecular weight is 1530 g/mol. The van der Waals surface area contributed by atoms with Gasteiger partial charge in [0, 0.05) is 123 Å². The number of benzene rings is 6. The number of hydrogen-bond donors (Lipinski definition) is 3. The number of hydroxylamine groups is 2. The van der Waals surface area contributed by atoms with Crippen LogP contribution in [-0.2, 0) is 43.0 Å². The molecule has 31 heteroatoms. The number of imide groups is 5. The normalized spacial score (nSPS) is 14.8. The summed E-state index contributed by atoms with van der Waals surface area (Å²) in [6.45, 7) is 3.67. The molecule has 588 valence electrons. The van der Waals surface area contributed by atoms with Gasteiger partial charge in [0.15, 0.2) is 0 Å². The number of quaternary nitrogens is 2. The first-order valence-electron chi connectivity index (χ1n) is 34.3. The number of nitrogens with two attached hydrogens (primary N) is 1. The van der Waals surface area contributed by atoms with E-state index in [0.717, 1.165) is 37.8 Å². The molecule has 0 aromatic heterocycles. The van der Waals surface area contributed by atoms with E-state index >= 15 is 0 Å². The van der Waals surface area contributed by atoms with Gasteiger partial charge in [-0.2, -0.15) is 0 Å². The van der Waals surface area contributed by atoms with Crippen LogP contribution in [0.1, 0.15) is 237 Å². The summed E-state index contributed by atoms with van der Waals surface area (Å²) in [5, 5.41) is 18.2. The van der Waals surface area contributed by atoms with Gasteiger partial charge in [-0.25, -0.2) is 24.0 Å². The number of ether oxygens (including phenoxy) is 3. The van der Waals surface area contributed by atoms with Gasteiger partial charge in [0.25, 0.3) is 65.5 Å². The SMILES string of the molecule is C.C.C.C.CO.C[N+](C)(C)CCN1C(=O)c2ccc3c4c(ccc(c24)C1=O)C(=O)N(CCCCCC(=O)O)C3=O.C[N+](C)(C)CCN1C(=O)c2ccc3c4c(ccc(c24)C1=O)C(=O)N(CCCCCC(=O)ON1C(=O)CCC1=O)C3=O.NCCCCCOC=O.O=C1OC(=O)c2ccc3c4c(ccc1c24)C(=O)OC3=O. The maximum atomic E-state index is 13.4. The summed E-state index contributed by atoms with van der Waals surface area (Å²) < 4.78 is 14.8. The van der Waals surface area contributed by atoms with Crippen LogP contribution >= 0.6 is 0 Å². The first-order chi connectivity index (χ1) is 50.4. The molecule has 7 aliphatic heterocycles. The Hall–Kier alpha value is -11.7. The molecule has 0 bridgehead atoms. The Bertz CT molecular complexity index is 4440. The highest BCUT2D eigenvalue weighted by Crippen LogP contribution is 2.41. The Balaban J connectivity index is 0.000000282. The Kier molecular flexibility index (Phi) is 30.3. The molecule has 6 aromatic rings. The molecule has 110 heavy (non-hydrogen) atoms. The number of aliphatic hydroxyl groups is 1. The molecule has 13 rings (SSSR count). The molecule has 1 saturated heterocycles. The number of unbranched alkanes of at least 4 members (excludes halogenated alkanes) is 6. The van der Waals surface area contributed by atoms with Crippen LogP contribution in [0.5, 0.6) is 0 Å². The van der Waals surface area contributed by atoms with E-state index in [4.69, 9.17) is 20.8 Å². The molecule has 10 amide bonds. The number of likely N-dealkylation sites (N-methyl/N-ethyl adjacent to an activating group) is 2. The third-order valence-corrected chi connectivity index (χ3v) is 18.3. The van der Waals surface area contributed by atoms with E-state index in [1.54, 1.807) is 36.4 Å². The largest absolute Gasteiger partial charge is 0.481 e. The lowest BCUT2D eigenvalue weighted by molar-refractivity contribution is -0.869. The zero-order valence-corrected chi connectivity index (χ0v) is 59.5. The molecule has 31 nitrogen and oxygen atoms in total. The zero-order valence-electron chi connectivity index (χ0n) is 59.5. The van der Waals surface area contributed by atoms with Crippen LogP contribution in [0.3, 0.4) is 0 Å². The van der Waals surface area contributed by atoms with Gasteiger partial charge in [-0.15, -0.1) is 5.06 Å². The molecular weight excluding hydrogens is 1430 g/mol. The van der Waals surface area contributed by atoms with E-state index in [2.05, 4.69) is 14.2 Å². The second-order valence-corrected chi connectivity index (χ2v) is 27.5. The summed E-state index contributed by atoms with van der Waals surface area (Å²) in [6.07, 6.45) is 5.87. The number of aliphatic carboxylic acids is 1. The summed E-state index contributed by atoms with van der Waals surface area (Å²) in [5.74, 6) is -9.53. The van der Waals surface area contributed by atoms with E-state index in [0.29, 0.717) is 134 Å². The van der Waals surface area contributed by atoms with Crippen molar-refractivity contribution in [3.8, 4) is 0 Å². The number of esters is 4. The standard InChI is InChI=1S/C29H31N4O8.C25H27N3O6.C14H4O6.C6H13NO2.CH4O.4CH4/c1-33(2,3)16-15-31-28(39)19-10-8-17-24-18(9-11-20(25(19)24)29(31)40)27(38)30(26(17)37)14-6-4-5-7-23(36)41-32-21(34)12-13-22(32)35;1-28(2,3)14-13-27-24(33)17-10-8-15-20-16(9-11-18(21(17)20)25(27)34)23(32)26(22(15)31)12-6-4-5-7-19(29)30;15-11-5-1-2-6-10-8(14(18)20-12(6)16)4-3-7(9(5)10)13(17)19-11;7-4-2-1-3-5-9-6-8;1-2;;;;/h8-11H,4-7,12-16H2,1-3H3;8-11H,4-7,12-14H2,1-3H3;1-4H;6H,1-5,7H2;2H,1H3;4*1H4/q+1;;;;;;;;/p+1. The monoisotopic (exact) mass is 1520 g/mol. The Morgan fingerprint density at radius 1 is 0.400 bits per heavy atom. The highest BCUT2D eigenvalue weighted by Gasteiger charge is 2.43. The smallest absolute Gasteiger partial charge is 0.346 e. The molecule has 4 N–H and O–H groups in total. The van der Waals surface area contributed by atoms with Gasteiger partial charge < -0.3 is 44.0 Å². The molecule has 0 atom stereocenters. The van der Waals surface area contributed by atoms with Crippen LogP contribution in [0.25, 0.3) is 32.3 Å². The summed E-state index contributed by atoms with van der Waals surface area (Å²) in [4.78, 5) is 218. The molecular formula is C79H96N8O23+2. The van der Waals surface area contributed by atoms with E-state index in [-0.39, 0.29) is 126 Å². The maximum Gasteiger partial charge on any atom is 0.346 e. The zero-order chi connectivity index (χ0) is 77.4. The van der Waals surface area contributed by atoms with Crippen molar-refractivity contribution in [3.63, 3.8) is 0 Å². The van der Waals surface area contributed by atoms with Crippen LogP contribution in [0.4, 0.5) is 0 Å². The number of carbonyl (C=O) groups excluding carboxylic acids is 16. The van der Waals surface area contributed by atoms with E-state index in [9.17, 15) is 81.5 Å². The second-order valence-electron chi connectivity index (χ2n) is 27.5. The first kappa shape index (κ1) is 89.0. The number of hydrogen-bond acceptors (Lipinski definition) is 23. The number of carbonyl (C=O) groups is 17. The van der Waals surface area contributed by atoms with Crippen LogP contribution in [0.15, 0.2) is 72.8 Å². The molecule has 1 fully saturated rings. The predicted octanol–water partition coefficient (Wildman–Crippen LogP) is 8.19. The summed E-state index contributed by atoms with van der Waals surface area (Å²) in [5.41, 5.74) is 8.17. The lowest BCUT2D eigenvalue weighted by Gasteiger charge is -2.33. The second kappa shape index (κ2) is 37.4. The molecule has 0 radical (unpaired) electrons. The number of carboxylic acids is 1. The summed E-state index contributed by atoms with van der Waals surface area (Å²) in [6, 6.07) is 18.0. The van der Waals surface area contributed by atoms with Crippen molar-refractivity contribution in [1.29, 1.82) is 0 Å². The number of nitrogens with zero attached hydrogens (tertiary/aromatic N) is 7. The lowest BCUT2D eigenvalue weighted by atomic mass is 9.86. The topological polar surface area (TPSA) is 410 Å². The van der Waals surface area contributed by atoms with Crippen molar-refractivity contribution in [1.82, 2.24) is 24.7 Å². The van der Waals surface area contributed by atoms with Crippen molar-refractivity contribution in [2.75, 3.05) is 102 Å². The molecule has 0 aliphatic carbocycles. The fraction of sp³-hybridized carbons (Fsp3) is 0.405. The molecule has 7 heterocycles. The Labute approximate surface area is 635 Å². The van der Waals surface area contributed by atoms with Gasteiger partial charge in [-0.1, -0.05) is 42.5 Å². The van der Waals surface area contributed by atoms with Crippen LogP contribution in [0, 0.1) is 0 Å². The molecule has 6 aromatic carbocycles. The van der Waals surface area contributed by atoms with Crippen molar-refractivity contribution in [3.05, 3.63) is 140 Å². The van der Waals surface area contributed by atoms with Gasteiger partial charge in [0.2, 0.25) is 0 Å². The first-order valence-corrected chi connectivity index (χ1v) is 34.3. The number of cyclic esters (lactones) is 4. The van der Waals surface area contributed by atoms with Crippen LogP contribution in [0.2, 0.25) is 0 Å². The lowest BCUT2D eigenvalue weighted by Crippen LogP contribution is -2.48. The Morgan fingerprint density at radius 3 is 0.936 bits per heavy atom. The van der Waals surface area contributed by atoms with Gasteiger partial charge in [0.1, 0.15) is 0 Å². The molecule has 0 unspecified atom stereocenters. The molecule has 7 aliphatic rings. The van der Waals surface area contributed by atoms with Crippen LogP contribution < -0.4 is 5.73 Å². The summed E-state index contributed by atoms with van der Waals surface area (Å²) >= 11 is 0. The molecule has 0 saturated carbocycles. The fourth-order valence-corrected chi connectivity index (χ4v) is 12.9. The highest BCUT2D eigenvalue weighted by atomic mass is 16.7. The van der Waals surface area contributed by atoms with Crippen molar-refractivity contribution >= 4 is 134 Å². The quantitative estimate of drug-likeness (QED) is 0.00924. The fourth-order valence-electron chi connectivity index (χ4n) is 12.9. The van der Waals surface area contributed by atoms with Crippen molar-refractivity contribution in [2.24, 2.45) is 5.73 Å². The van der Waals surface area contributed by atoms with Crippen molar-refractivity contribution in [2.45, 2.75) is 113 Å². The van der Waals surface area contributed by atoms with Crippen molar-refractivity contribution < 1.29 is 120 Å². The van der Waals surface area contributed by atoms with Gasteiger partial charge in [-0.05, 0) is 124 Å². The maximum absolute atomic E-state index is 13.4. The van der Waals surface area contributed by atoms with Gasteiger partial charge in [0.05, 0.1) is 97.3 Å². The number of aliphatic hydroxyl groups excluding tert-OH is 1. The molecule has 0 spiro atoms. The van der Waals surface area contributed by atoms with Crippen LogP contribution in [-0.4, -0.2) is 247 Å². The minimum absolute atomic E-state index is 0. The minimum Gasteiger partial charge on any atom is -0.481 e. The third kappa shape index (κ3) is 18.5. The summed E-state index contributed by atoms with van der Waals surface area (Å²) in [7, 11) is 12.8. The number of amides is 10. The van der Waals surface area contributed by atoms with E-state index in [1.807, 2.05) is 42.3 Å². The van der Waals surface area contributed by atoms with Gasteiger partial charge >= 0.3 is 35.8 Å².